The molecular formula is C21H26N2O3. The highest BCUT2D eigenvalue weighted by atomic mass is 16.3. The number of furan rings is 1. The Labute approximate surface area is 153 Å². The Hall–Kier alpha value is -2.53. The Bertz CT molecular complexity index is 894. The van der Waals surface area contributed by atoms with Crippen LogP contribution in [0.15, 0.2) is 34.9 Å². The average Bonchev–Trinajstić information content (AvgIpc) is 3.21. The molecule has 0 spiro atoms. The summed E-state index contributed by atoms with van der Waals surface area (Å²) in [6.45, 7) is 6.58. The molecule has 3 rings (SSSR count). The summed E-state index contributed by atoms with van der Waals surface area (Å²) in [5, 5.41) is 13.6. The van der Waals surface area contributed by atoms with E-state index in [1.807, 2.05) is 19.1 Å². The first-order valence-corrected chi connectivity index (χ1v) is 8.96. The van der Waals surface area contributed by atoms with Crippen LogP contribution >= 0.6 is 0 Å². The summed E-state index contributed by atoms with van der Waals surface area (Å²) in [6.07, 6.45) is 2.55. The van der Waals surface area contributed by atoms with Gasteiger partial charge in [0, 0.05) is 42.1 Å². The molecule has 0 saturated heterocycles. The van der Waals surface area contributed by atoms with Crippen LogP contribution in [0.1, 0.15) is 28.1 Å². The number of nitrogens with one attached hydrogen (secondary N) is 2. The second kappa shape index (κ2) is 7.79. The van der Waals surface area contributed by atoms with E-state index in [9.17, 15) is 9.90 Å². The number of rotatable bonds is 7. The minimum Gasteiger partial charge on any atom is -0.469 e. The Morgan fingerprint density at radius 2 is 2.12 bits per heavy atom. The third kappa shape index (κ3) is 3.99. The molecule has 0 aliphatic heterocycles. The summed E-state index contributed by atoms with van der Waals surface area (Å²) < 4.78 is 5.32. The molecule has 1 aromatic carbocycles. The quantitative estimate of drug-likeness (QED) is 0.610. The number of aryl methyl sites for hydroxylation is 3. The third-order valence-electron chi connectivity index (χ3n) is 4.82. The molecule has 138 valence electrons. The molecule has 1 atom stereocenters. The fraction of sp³-hybridized carbons (Fsp3) is 0.381. The second-order valence-corrected chi connectivity index (χ2v) is 7.05. The first-order chi connectivity index (χ1) is 12.5. The van der Waals surface area contributed by atoms with Gasteiger partial charge in [-0.15, -0.1) is 0 Å². The summed E-state index contributed by atoms with van der Waals surface area (Å²) in [5.41, 5.74) is 5.54. The van der Waals surface area contributed by atoms with Crippen LogP contribution in [0, 0.1) is 26.7 Å². The number of hydrogen-bond acceptors (Lipinski definition) is 3. The number of amides is 1. The van der Waals surface area contributed by atoms with Gasteiger partial charge in [0.1, 0.15) is 5.76 Å². The van der Waals surface area contributed by atoms with Crippen molar-refractivity contribution in [1.82, 2.24) is 10.3 Å². The van der Waals surface area contributed by atoms with Crippen LogP contribution in [-0.4, -0.2) is 29.1 Å². The molecule has 2 heterocycles. The molecule has 5 heteroatoms. The second-order valence-electron chi connectivity index (χ2n) is 7.05. The molecule has 3 aromatic rings. The summed E-state index contributed by atoms with van der Waals surface area (Å²) in [4.78, 5) is 15.9. The SMILES string of the molecule is Cc1cc(C)c2[nH]c(C)c(CC(=O)NC[C@@H](CO)Cc3ccco3)c2c1. The number of hydrogen-bond donors (Lipinski definition) is 3. The maximum absolute atomic E-state index is 12.5. The largest absolute Gasteiger partial charge is 0.469 e. The van der Waals surface area contributed by atoms with Crippen molar-refractivity contribution in [3.63, 3.8) is 0 Å². The minimum atomic E-state index is -0.0568. The lowest BCUT2D eigenvalue weighted by molar-refractivity contribution is -0.120. The van der Waals surface area contributed by atoms with E-state index < -0.39 is 0 Å². The maximum Gasteiger partial charge on any atom is 0.224 e. The fourth-order valence-electron chi connectivity index (χ4n) is 3.46. The molecule has 0 bridgehead atoms. The predicted octanol–water partition coefficient (Wildman–Crippen LogP) is 3.20. The van der Waals surface area contributed by atoms with Crippen molar-refractivity contribution in [3.8, 4) is 0 Å². The first-order valence-electron chi connectivity index (χ1n) is 8.96. The van der Waals surface area contributed by atoms with Crippen molar-refractivity contribution in [3.05, 3.63) is 58.7 Å². The Kier molecular flexibility index (Phi) is 5.47. The number of H-pyrrole nitrogens is 1. The molecule has 5 nitrogen and oxygen atoms in total. The average molecular weight is 354 g/mol. The number of benzene rings is 1. The standard InChI is InChI=1S/C21H26N2O3/c1-13-7-14(2)21-19(8-13)18(15(3)23-21)10-20(25)22-11-16(12-24)9-17-5-4-6-26-17/h4-8,16,23-24H,9-12H2,1-3H3,(H,22,25)/t16-/m0/s1. The first kappa shape index (κ1) is 18.3. The molecule has 2 aromatic heterocycles. The van der Waals surface area contributed by atoms with Crippen LogP contribution in [0.25, 0.3) is 10.9 Å². The molecule has 0 aliphatic rings. The van der Waals surface area contributed by atoms with Gasteiger partial charge < -0.3 is 19.8 Å². The number of aromatic nitrogens is 1. The van der Waals surface area contributed by atoms with Crippen LogP contribution in [0.5, 0.6) is 0 Å². The Morgan fingerprint density at radius 1 is 1.31 bits per heavy atom. The van der Waals surface area contributed by atoms with Crippen molar-refractivity contribution in [2.75, 3.05) is 13.2 Å². The highest BCUT2D eigenvalue weighted by Gasteiger charge is 2.16. The molecule has 1 amide bonds. The molecule has 0 radical (unpaired) electrons. The smallest absolute Gasteiger partial charge is 0.224 e. The lowest BCUT2D eigenvalue weighted by Crippen LogP contribution is -2.32. The van der Waals surface area contributed by atoms with Crippen molar-refractivity contribution in [2.24, 2.45) is 5.92 Å². The van der Waals surface area contributed by atoms with Crippen LogP contribution in [0.4, 0.5) is 0 Å². The predicted molar refractivity (Wildman–Crippen MR) is 102 cm³/mol. The highest BCUT2D eigenvalue weighted by Crippen LogP contribution is 2.26. The summed E-state index contributed by atoms with van der Waals surface area (Å²) in [6, 6.07) is 7.97. The van der Waals surface area contributed by atoms with E-state index in [-0.39, 0.29) is 18.4 Å². The van der Waals surface area contributed by atoms with Gasteiger partial charge in [0.2, 0.25) is 5.91 Å². The third-order valence-corrected chi connectivity index (χ3v) is 4.82. The molecular weight excluding hydrogens is 328 g/mol. The number of carbonyl (C=O) groups is 1. The highest BCUT2D eigenvalue weighted by molar-refractivity contribution is 5.92. The molecule has 26 heavy (non-hydrogen) atoms. The van der Waals surface area contributed by atoms with Crippen LogP contribution in [0.2, 0.25) is 0 Å². The van der Waals surface area contributed by atoms with E-state index in [1.165, 1.54) is 11.1 Å². The zero-order valence-electron chi connectivity index (χ0n) is 15.6. The summed E-state index contributed by atoms with van der Waals surface area (Å²) >= 11 is 0. The van der Waals surface area contributed by atoms with Crippen LogP contribution < -0.4 is 5.32 Å². The van der Waals surface area contributed by atoms with Crippen molar-refractivity contribution in [2.45, 2.75) is 33.6 Å². The van der Waals surface area contributed by atoms with Gasteiger partial charge in [-0.25, -0.2) is 0 Å². The number of carbonyl (C=O) groups excluding carboxylic acids is 1. The molecule has 3 N–H and O–H groups in total. The lowest BCUT2D eigenvalue weighted by Gasteiger charge is -2.14. The van der Waals surface area contributed by atoms with E-state index >= 15 is 0 Å². The topological polar surface area (TPSA) is 78.3 Å². The normalized spacial score (nSPS) is 12.5. The number of aromatic amines is 1. The number of aliphatic hydroxyl groups is 1. The van der Waals surface area contributed by atoms with Crippen molar-refractivity contribution in [1.29, 1.82) is 0 Å². The van der Waals surface area contributed by atoms with E-state index in [2.05, 4.69) is 36.3 Å². The minimum absolute atomic E-state index is 0.00544. The molecule has 0 fully saturated rings. The van der Waals surface area contributed by atoms with Gasteiger partial charge in [0.05, 0.1) is 12.7 Å². The number of fused-ring (bicyclic) bond motifs is 1. The zero-order valence-corrected chi connectivity index (χ0v) is 15.6. The molecule has 0 unspecified atom stereocenters. The van der Waals surface area contributed by atoms with Crippen LogP contribution in [-0.2, 0) is 17.6 Å². The van der Waals surface area contributed by atoms with Gasteiger partial charge in [-0.1, -0.05) is 11.6 Å². The maximum atomic E-state index is 12.5. The van der Waals surface area contributed by atoms with Crippen LogP contribution in [0.3, 0.4) is 0 Å². The van der Waals surface area contributed by atoms with Crippen molar-refractivity contribution >= 4 is 16.8 Å². The lowest BCUT2D eigenvalue weighted by atomic mass is 10.0. The molecule has 0 aliphatic carbocycles. The zero-order chi connectivity index (χ0) is 18.7. The van der Waals surface area contributed by atoms with Gasteiger partial charge in [-0.2, -0.15) is 0 Å². The Morgan fingerprint density at radius 3 is 2.81 bits per heavy atom. The Balaban J connectivity index is 1.66. The van der Waals surface area contributed by atoms with E-state index in [4.69, 9.17) is 4.42 Å². The number of aliphatic hydroxyl groups excluding tert-OH is 1. The summed E-state index contributed by atoms with van der Waals surface area (Å²) in [7, 11) is 0. The van der Waals surface area contributed by atoms with Gasteiger partial charge in [0.15, 0.2) is 0 Å². The van der Waals surface area contributed by atoms with Gasteiger partial charge in [0.25, 0.3) is 0 Å². The van der Waals surface area contributed by atoms with E-state index in [0.29, 0.717) is 19.4 Å². The van der Waals surface area contributed by atoms with Gasteiger partial charge in [-0.05, 0) is 50.1 Å². The van der Waals surface area contributed by atoms with E-state index in [1.54, 1.807) is 6.26 Å². The van der Waals surface area contributed by atoms with Gasteiger partial charge >= 0.3 is 0 Å². The van der Waals surface area contributed by atoms with Crippen molar-refractivity contribution < 1.29 is 14.3 Å². The van der Waals surface area contributed by atoms with Gasteiger partial charge in [-0.3, -0.25) is 4.79 Å². The van der Waals surface area contributed by atoms with E-state index in [0.717, 1.165) is 27.9 Å². The monoisotopic (exact) mass is 354 g/mol. The summed E-state index contributed by atoms with van der Waals surface area (Å²) in [5.74, 6) is 0.724. The fourth-order valence-corrected chi connectivity index (χ4v) is 3.46. The molecule has 0 saturated carbocycles.